The van der Waals surface area contributed by atoms with Crippen LogP contribution >= 0.6 is 0 Å². The highest BCUT2D eigenvalue weighted by molar-refractivity contribution is 6.50. The molecule has 1 atom stereocenters. The van der Waals surface area contributed by atoms with Crippen molar-refractivity contribution in [2.24, 2.45) is 0 Å². The molecule has 1 unspecified atom stereocenters. The van der Waals surface area contributed by atoms with Crippen LogP contribution in [0.15, 0.2) is 12.2 Å². The Morgan fingerprint density at radius 2 is 2.07 bits per heavy atom. The van der Waals surface area contributed by atoms with E-state index in [1.54, 1.807) is 6.92 Å². The van der Waals surface area contributed by atoms with Gasteiger partial charge in [-0.3, -0.25) is 0 Å². The summed E-state index contributed by atoms with van der Waals surface area (Å²) in [5, 5.41) is 0. The summed E-state index contributed by atoms with van der Waals surface area (Å²) in [6, 6.07) is 1.18. The molecule has 0 aliphatic carbocycles. The minimum Gasteiger partial charge on any atom is -0.460 e. The van der Waals surface area contributed by atoms with Crippen LogP contribution in [0, 0.1) is 0 Å². The molecule has 0 fully saturated rings. The minimum atomic E-state index is -1.00. The summed E-state index contributed by atoms with van der Waals surface area (Å²) in [6.07, 6.45) is 1.17. The fourth-order valence-corrected chi connectivity index (χ4v) is 2.48. The van der Waals surface area contributed by atoms with Crippen LogP contribution in [0.3, 0.4) is 0 Å². The summed E-state index contributed by atoms with van der Waals surface area (Å²) in [6.45, 7) is 10.3. The Hall–Kier alpha value is -0.613. The lowest BCUT2D eigenvalue weighted by atomic mass is 10.4. The van der Waals surface area contributed by atoms with E-state index in [0.29, 0.717) is 18.8 Å². The molecular weight excluding hydrogens is 196 g/mol. The molecule has 3 nitrogen and oxygen atoms in total. The highest BCUT2D eigenvalue weighted by atomic mass is 28.3. The molecule has 0 aromatic carbocycles. The van der Waals surface area contributed by atoms with Crippen molar-refractivity contribution in [2.45, 2.75) is 32.9 Å². The van der Waals surface area contributed by atoms with Gasteiger partial charge in [0, 0.05) is 5.57 Å². The van der Waals surface area contributed by atoms with Crippen molar-refractivity contribution in [3.8, 4) is 0 Å². The molecule has 0 aliphatic heterocycles. The van der Waals surface area contributed by atoms with Crippen molar-refractivity contribution >= 4 is 15.0 Å². The van der Waals surface area contributed by atoms with Crippen LogP contribution in [0.25, 0.3) is 0 Å². The number of esters is 1. The van der Waals surface area contributed by atoms with Gasteiger partial charge in [0.15, 0.2) is 9.04 Å². The van der Waals surface area contributed by atoms with E-state index in [-0.39, 0.29) is 5.97 Å². The van der Waals surface area contributed by atoms with Crippen molar-refractivity contribution in [3.05, 3.63) is 12.2 Å². The van der Waals surface area contributed by atoms with E-state index in [1.165, 1.54) is 12.5 Å². The molecule has 0 amide bonds. The van der Waals surface area contributed by atoms with E-state index in [1.807, 2.05) is 0 Å². The zero-order chi connectivity index (χ0) is 11.0. The number of hydrogen-bond acceptors (Lipinski definition) is 3. The largest absolute Gasteiger partial charge is 0.460 e. The van der Waals surface area contributed by atoms with Gasteiger partial charge in [0.1, 0.15) is 6.61 Å². The SMILES string of the molecule is C=C(C)C(=O)OCCO[SiH](C)CCC. The molecule has 82 valence electrons. The Balaban J connectivity index is 3.37. The molecule has 0 bridgehead atoms. The van der Waals surface area contributed by atoms with E-state index in [2.05, 4.69) is 20.0 Å². The number of hydrogen-bond donors (Lipinski definition) is 0. The van der Waals surface area contributed by atoms with Crippen LogP contribution in [0.4, 0.5) is 0 Å². The molecule has 0 aliphatic rings. The maximum Gasteiger partial charge on any atom is 0.333 e. The molecule has 0 radical (unpaired) electrons. The van der Waals surface area contributed by atoms with E-state index in [4.69, 9.17) is 9.16 Å². The first-order valence-electron chi connectivity index (χ1n) is 5.02. The van der Waals surface area contributed by atoms with Crippen molar-refractivity contribution in [1.29, 1.82) is 0 Å². The third-order valence-electron chi connectivity index (χ3n) is 1.76. The van der Waals surface area contributed by atoms with Crippen LogP contribution in [-0.2, 0) is 14.0 Å². The third kappa shape index (κ3) is 6.86. The average Bonchev–Trinajstić information content (AvgIpc) is 2.12. The Morgan fingerprint density at radius 3 is 2.57 bits per heavy atom. The zero-order valence-corrected chi connectivity index (χ0v) is 10.5. The van der Waals surface area contributed by atoms with Crippen molar-refractivity contribution in [1.82, 2.24) is 0 Å². The summed E-state index contributed by atoms with van der Waals surface area (Å²) >= 11 is 0. The van der Waals surface area contributed by atoms with Crippen molar-refractivity contribution in [2.75, 3.05) is 13.2 Å². The van der Waals surface area contributed by atoms with Crippen LogP contribution in [0.1, 0.15) is 20.3 Å². The zero-order valence-electron chi connectivity index (χ0n) is 9.34. The lowest BCUT2D eigenvalue weighted by Gasteiger charge is -2.10. The van der Waals surface area contributed by atoms with Crippen LogP contribution in [-0.4, -0.2) is 28.2 Å². The molecule has 0 aromatic rings. The molecule has 0 aromatic heterocycles. The van der Waals surface area contributed by atoms with Gasteiger partial charge in [0.2, 0.25) is 0 Å². The lowest BCUT2D eigenvalue weighted by molar-refractivity contribution is -0.139. The first-order chi connectivity index (χ1) is 6.57. The van der Waals surface area contributed by atoms with Gasteiger partial charge in [0.25, 0.3) is 0 Å². The second-order valence-corrected chi connectivity index (χ2v) is 5.92. The van der Waals surface area contributed by atoms with E-state index in [0.717, 1.165) is 0 Å². The third-order valence-corrected chi connectivity index (χ3v) is 3.96. The molecule has 0 spiro atoms. The quantitative estimate of drug-likeness (QED) is 0.282. The maximum atomic E-state index is 10.9. The predicted molar refractivity (Wildman–Crippen MR) is 59.8 cm³/mol. The Morgan fingerprint density at radius 1 is 1.43 bits per heavy atom. The van der Waals surface area contributed by atoms with Gasteiger partial charge in [-0.05, 0) is 19.5 Å². The summed E-state index contributed by atoms with van der Waals surface area (Å²) in [5.74, 6) is -0.335. The minimum absolute atomic E-state index is 0.335. The summed E-state index contributed by atoms with van der Waals surface area (Å²) in [5.41, 5.74) is 0.434. The normalized spacial score (nSPS) is 12.2. The van der Waals surface area contributed by atoms with Crippen molar-refractivity contribution < 1.29 is 14.0 Å². The van der Waals surface area contributed by atoms with E-state index in [9.17, 15) is 4.79 Å². The molecule has 4 heteroatoms. The average molecular weight is 216 g/mol. The Bertz CT molecular complexity index is 192. The summed E-state index contributed by atoms with van der Waals surface area (Å²) in [4.78, 5) is 10.9. The topological polar surface area (TPSA) is 35.5 Å². The summed E-state index contributed by atoms with van der Waals surface area (Å²) in [7, 11) is -1.00. The van der Waals surface area contributed by atoms with Gasteiger partial charge in [-0.15, -0.1) is 0 Å². The van der Waals surface area contributed by atoms with Crippen molar-refractivity contribution in [3.63, 3.8) is 0 Å². The molecule has 0 rings (SSSR count). The standard InChI is InChI=1S/C10H20O3Si/c1-5-8-14(4)13-7-6-12-10(11)9(2)3/h14H,2,5-8H2,1,3-4H3. The van der Waals surface area contributed by atoms with Gasteiger partial charge >= 0.3 is 5.97 Å². The van der Waals surface area contributed by atoms with Gasteiger partial charge < -0.3 is 9.16 Å². The predicted octanol–water partition coefficient (Wildman–Crippen LogP) is 1.89. The van der Waals surface area contributed by atoms with Gasteiger partial charge in [0.05, 0.1) is 6.61 Å². The van der Waals surface area contributed by atoms with E-state index < -0.39 is 9.04 Å². The smallest absolute Gasteiger partial charge is 0.333 e. The van der Waals surface area contributed by atoms with Crippen LogP contribution in [0.5, 0.6) is 0 Å². The number of ether oxygens (including phenoxy) is 1. The molecule has 0 heterocycles. The number of rotatable bonds is 7. The first kappa shape index (κ1) is 13.4. The molecule has 14 heavy (non-hydrogen) atoms. The second kappa shape index (κ2) is 7.76. The Labute approximate surface area is 87.8 Å². The summed E-state index contributed by atoms with van der Waals surface area (Å²) < 4.78 is 10.4. The molecule has 0 N–H and O–H groups in total. The molecule has 0 saturated carbocycles. The highest BCUT2D eigenvalue weighted by Crippen LogP contribution is 1.98. The van der Waals surface area contributed by atoms with Gasteiger partial charge in [-0.25, -0.2) is 4.79 Å². The number of carbonyl (C=O) groups excluding carboxylic acids is 1. The maximum absolute atomic E-state index is 10.9. The van der Waals surface area contributed by atoms with Gasteiger partial charge in [-0.1, -0.05) is 19.9 Å². The fraction of sp³-hybridized carbons (Fsp3) is 0.700. The van der Waals surface area contributed by atoms with Gasteiger partial charge in [-0.2, -0.15) is 0 Å². The van der Waals surface area contributed by atoms with E-state index >= 15 is 0 Å². The highest BCUT2D eigenvalue weighted by Gasteiger charge is 2.05. The van der Waals surface area contributed by atoms with Crippen LogP contribution in [0.2, 0.25) is 12.6 Å². The first-order valence-corrected chi connectivity index (χ1v) is 7.46. The Kier molecular flexibility index (Phi) is 7.42. The monoisotopic (exact) mass is 216 g/mol. The second-order valence-electron chi connectivity index (χ2n) is 3.39. The van der Waals surface area contributed by atoms with Crippen LogP contribution < -0.4 is 0 Å². The molecular formula is C10H20O3Si. The molecule has 0 saturated heterocycles. The number of carbonyl (C=O) groups is 1. The fourth-order valence-electron chi connectivity index (χ4n) is 0.997. The lowest BCUT2D eigenvalue weighted by Crippen LogP contribution is -2.18.